The number of hydrogen-bond donors (Lipinski definition) is 8. The third kappa shape index (κ3) is 20.3. The number of carbonyl (C=O) groups is 12. The highest BCUT2D eigenvalue weighted by Crippen LogP contribution is 2.47. The Labute approximate surface area is 594 Å². The minimum absolute atomic E-state index is 0. The minimum atomic E-state index is -3.95. The first-order chi connectivity index (χ1) is 47.1. The second kappa shape index (κ2) is 32.3. The number of likely N-dealkylation sites (tertiary alicyclic amines) is 2. The van der Waals surface area contributed by atoms with E-state index in [0.717, 1.165) is 16.9 Å². The average molecular weight is 1470 g/mol. The van der Waals surface area contributed by atoms with Crippen LogP contribution in [0.4, 0.5) is 30.6 Å². The Morgan fingerprint density at radius 3 is 1.22 bits per heavy atom. The van der Waals surface area contributed by atoms with E-state index in [1.54, 1.807) is 100 Å². The van der Waals surface area contributed by atoms with Gasteiger partial charge in [0, 0.05) is 24.7 Å². The molecule has 0 unspecified atom stereocenters. The van der Waals surface area contributed by atoms with Gasteiger partial charge in [-0.05, 0) is 108 Å². The Bertz CT molecular complexity index is 3820. The highest BCUT2D eigenvalue weighted by molar-refractivity contribution is 7.91. The molecular weight excluding hydrogens is 1370 g/mol. The van der Waals surface area contributed by atoms with Crippen LogP contribution in [0.3, 0.4) is 0 Å². The van der Waals surface area contributed by atoms with Crippen molar-refractivity contribution in [1.29, 1.82) is 0 Å². The molecule has 6 fully saturated rings. The molecule has 0 bridgehead atoms. The topological polar surface area (TPSA) is 431 Å². The first-order valence-electron chi connectivity index (χ1n) is 33.0. The maximum absolute atomic E-state index is 14.3. The van der Waals surface area contributed by atoms with Crippen LogP contribution in [0.1, 0.15) is 156 Å². The molecule has 10 atom stereocenters. The second-order valence-corrected chi connectivity index (χ2v) is 32.5. The van der Waals surface area contributed by atoms with Crippen molar-refractivity contribution in [2.75, 3.05) is 44.0 Å². The lowest BCUT2D eigenvalue weighted by Gasteiger charge is -2.36. The summed E-state index contributed by atoms with van der Waals surface area (Å²) in [7, 11) is -6.75. The van der Waals surface area contributed by atoms with Crippen LogP contribution in [0.5, 0.6) is 0 Å². The molecule has 2 saturated heterocycles. The molecule has 102 heavy (non-hydrogen) atoms. The van der Waals surface area contributed by atoms with Gasteiger partial charge in [-0.25, -0.2) is 45.6 Å². The first kappa shape index (κ1) is 81.6. The fourth-order valence-corrected chi connectivity index (χ4v) is 14.3. The van der Waals surface area contributed by atoms with E-state index in [-0.39, 0.29) is 81.9 Å². The van der Waals surface area contributed by atoms with Gasteiger partial charge in [0.1, 0.15) is 53.1 Å². The summed E-state index contributed by atoms with van der Waals surface area (Å²) in [6.07, 6.45) is -1.57. The van der Waals surface area contributed by atoms with E-state index in [2.05, 4.69) is 54.5 Å². The number of carbonyl (C=O) groups excluding carboxylic acids is 12. The number of methoxy groups -OCH3 is 1. The molecule has 4 saturated carbocycles. The number of hydrogen-bond acceptors (Lipinski definition) is 22. The second-order valence-electron chi connectivity index (χ2n) is 28.6. The summed E-state index contributed by atoms with van der Waals surface area (Å²) in [5, 5.41) is 14.1. The number of nitrogens with one attached hydrogen (secondary N) is 8. The number of nitrogens with zero attached hydrogens (tertiary/aromatic N) is 2. The van der Waals surface area contributed by atoms with Crippen LogP contribution in [0.2, 0.25) is 0 Å². The Morgan fingerprint density at radius 2 is 0.912 bits per heavy atom. The molecular formula is C68H96N10O22S2. The SMILES string of the molecule is C.C=C[C@@H]1C[C@]1(NC(=O)[C@@H]1C[C@@H](OC(=O)Nc2ccccc2C(=O)OCC)CN1C(=O)[C@@H](NC(=O)OC(C)(C)C)C(C)(C)C)C(=O)NS(=O)(=O)C1CC1.C=C[C@@H]1C[C@]1(NC(=O)[C@@H]1C[C@@H](OC(=O)Nc2ccccc2C(=O)OCC)CN1C(=O)[C@@H](NC(=O)OC)C(C)(C)C)C(=O)NS(=O)(=O)C1CC1. The number of esters is 2. The fraction of sp³-hybridized carbons (Fsp3) is 0.588. The van der Waals surface area contributed by atoms with Crippen LogP contribution < -0.4 is 41.3 Å². The summed E-state index contributed by atoms with van der Waals surface area (Å²) in [6.45, 7) is 25.5. The van der Waals surface area contributed by atoms with Crippen LogP contribution in [0.25, 0.3) is 0 Å². The first-order valence-corrected chi connectivity index (χ1v) is 36.1. The summed E-state index contributed by atoms with van der Waals surface area (Å²) in [6, 6.07) is 7.19. The zero-order valence-electron chi connectivity index (χ0n) is 58.6. The Morgan fingerprint density at radius 1 is 0.559 bits per heavy atom. The number of rotatable bonds is 24. The van der Waals surface area contributed by atoms with Crippen molar-refractivity contribution in [2.45, 2.75) is 199 Å². The molecule has 4 aliphatic carbocycles. The quantitative estimate of drug-likeness (QED) is 0.0368. The van der Waals surface area contributed by atoms with Crippen molar-refractivity contribution in [3.8, 4) is 0 Å². The number of alkyl carbamates (subject to hydrolysis) is 2. The number of sulfonamides is 2. The highest BCUT2D eigenvalue weighted by atomic mass is 32.2. The number of ether oxygens (including phenoxy) is 6. The van der Waals surface area contributed by atoms with Crippen molar-refractivity contribution in [3.05, 3.63) is 85.0 Å². The summed E-state index contributed by atoms with van der Waals surface area (Å²) < 4.78 is 86.0. The molecule has 32 nitrogen and oxygen atoms in total. The van der Waals surface area contributed by atoms with E-state index >= 15 is 0 Å². The zero-order chi connectivity index (χ0) is 75.1. The Kier molecular flexibility index (Phi) is 25.9. The van der Waals surface area contributed by atoms with Crippen molar-refractivity contribution in [1.82, 2.24) is 40.5 Å². The van der Waals surface area contributed by atoms with Crippen LogP contribution in [-0.2, 0) is 77.2 Å². The molecule has 0 spiro atoms. The van der Waals surface area contributed by atoms with Crippen molar-refractivity contribution >= 4 is 103 Å². The van der Waals surface area contributed by atoms with Crippen LogP contribution in [-0.4, -0.2) is 195 Å². The van der Waals surface area contributed by atoms with Crippen LogP contribution in [0, 0.1) is 22.7 Å². The number of anilines is 2. The average Bonchev–Trinajstić information content (AvgIpc) is 1.58. The van der Waals surface area contributed by atoms with Gasteiger partial charge in [0.05, 0.1) is 66.4 Å². The van der Waals surface area contributed by atoms with Crippen LogP contribution >= 0.6 is 0 Å². The van der Waals surface area contributed by atoms with E-state index in [1.807, 2.05) is 0 Å². The van der Waals surface area contributed by atoms with Gasteiger partial charge >= 0.3 is 36.3 Å². The molecule has 8 rings (SSSR count). The third-order valence-corrected chi connectivity index (χ3v) is 21.0. The fourth-order valence-electron chi connectivity index (χ4n) is 11.6. The van der Waals surface area contributed by atoms with E-state index in [1.165, 1.54) is 36.4 Å². The van der Waals surface area contributed by atoms with Gasteiger partial charge in [-0.1, -0.05) is 85.4 Å². The van der Waals surface area contributed by atoms with Gasteiger partial charge < -0.3 is 59.5 Å². The standard InChI is InChI=1S/C35H49N5O11S.C32H43N5O11S.CH4/c1-9-20-18-35(20,30(44)39-52(47,48)22-15-16-22)38-27(41)25-17-21(50-31(45)36-24-14-12-11-13-23(24)29(43)49-10-2)19-40(25)28(42)26(33(3,4)5)37-32(46)51-34(6,7)8;1-7-18-16-32(18,28(41)36-49(44,45)20-13-14-20)35-25(38)23-15-19(17-37(23)26(39)24(31(3,4)5)34-29(42)46-6)48-30(43)33-22-12-10-9-11-21(22)27(40)47-8-2;/h9,11-14,20-22,25-26H,1,10,15-19H2,2-8H3,(H,36,45)(H,37,46)(H,38,41)(H,39,44);7,9-12,18-20,23-24H,1,8,13-17H2,2-6H3,(H,33,43)(H,34,42)(H,35,38)(H,36,41);1H4/t20-,21-,25+,26-,35-;18-,19-,23+,24-,32-;/m11./s1. The predicted molar refractivity (Wildman–Crippen MR) is 369 cm³/mol. The molecule has 6 aliphatic rings. The van der Waals surface area contributed by atoms with Crippen molar-refractivity contribution < 1.29 is 103 Å². The van der Waals surface area contributed by atoms with Gasteiger partial charge in [-0.2, -0.15) is 0 Å². The zero-order valence-corrected chi connectivity index (χ0v) is 60.3. The molecule has 2 heterocycles. The summed E-state index contributed by atoms with van der Waals surface area (Å²) in [5.41, 5.74) is -5.53. The molecule has 562 valence electrons. The van der Waals surface area contributed by atoms with Gasteiger partial charge in [-0.15, -0.1) is 13.2 Å². The highest BCUT2D eigenvalue weighted by Gasteiger charge is 2.64. The van der Waals surface area contributed by atoms with E-state index < -0.39 is 178 Å². The molecule has 2 aromatic carbocycles. The summed E-state index contributed by atoms with van der Waals surface area (Å²) >= 11 is 0. The molecule has 0 radical (unpaired) electrons. The lowest BCUT2D eigenvalue weighted by Crippen LogP contribution is -2.60. The van der Waals surface area contributed by atoms with Gasteiger partial charge in [0.2, 0.25) is 43.7 Å². The smallest absolute Gasteiger partial charge is 0.411 e. The predicted octanol–water partition coefficient (Wildman–Crippen LogP) is 5.45. The number of para-hydroxylation sites is 2. The largest absolute Gasteiger partial charge is 0.462 e. The van der Waals surface area contributed by atoms with E-state index in [4.69, 9.17) is 28.4 Å². The third-order valence-electron chi connectivity index (χ3n) is 17.4. The summed E-state index contributed by atoms with van der Waals surface area (Å²) in [5.74, 6) is -7.34. The molecule has 2 aliphatic heterocycles. The number of benzene rings is 2. The maximum atomic E-state index is 14.3. The lowest BCUT2D eigenvalue weighted by molar-refractivity contribution is -0.143. The minimum Gasteiger partial charge on any atom is -0.462 e. The monoisotopic (exact) mass is 1470 g/mol. The van der Waals surface area contributed by atoms with E-state index in [9.17, 15) is 74.4 Å². The Balaban J connectivity index is 0.000000318. The molecule has 0 aromatic heterocycles. The van der Waals surface area contributed by atoms with Crippen molar-refractivity contribution in [3.63, 3.8) is 0 Å². The lowest BCUT2D eigenvalue weighted by atomic mass is 9.85. The van der Waals surface area contributed by atoms with Crippen LogP contribution in [0.15, 0.2) is 73.8 Å². The molecule has 2 aromatic rings. The normalized spacial score (nSPS) is 23.3. The molecule has 10 amide bonds. The van der Waals surface area contributed by atoms with Gasteiger partial charge in [0.15, 0.2) is 0 Å². The molecule has 8 N–H and O–H groups in total. The Hall–Kier alpha value is -9.34. The van der Waals surface area contributed by atoms with Gasteiger partial charge in [-0.3, -0.25) is 48.8 Å². The summed E-state index contributed by atoms with van der Waals surface area (Å²) in [4.78, 5) is 161. The van der Waals surface area contributed by atoms with E-state index in [0.29, 0.717) is 25.7 Å². The van der Waals surface area contributed by atoms with Gasteiger partial charge in [0.25, 0.3) is 11.8 Å². The molecule has 34 heteroatoms. The maximum Gasteiger partial charge on any atom is 0.411 e. The number of amides is 10. The van der Waals surface area contributed by atoms with Crippen molar-refractivity contribution in [2.24, 2.45) is 22.7 Å².